The fourth-order valence-corrected chi connectivity index (χ4v) is 6.51. The summed E-state index contributed by atoms with van der Waals surface area (Å²) in [6, 6.07) is 40.4. The molecule has 1 aliphatic carbocycles. The van der Waals surface area contributed by atoms with Crippen LogP contribution in [0.25, 0.3) is 21.8 Å². The van der Waals surface area contributed by atoms with Crippen molar-refractivity contribution in [3.63, 3.8) is 0 Å². The first-order valence-corrected chi connectivity index (χ1v) is 15.4. The van der Waals surface area contributed by atoms with Gasteiger partial charge in [0.15, 0.2) is 6.23 Å². The van der Waals surface area contributed by atoms with E-state index in [1.807, 2.05) is 84.9 Å². The van der Waals surface area contributed by atoms with E-state index in [-0.39, 0.29) is 41.0 Å². The number of aliphatic carboxylic acids is 1. The van der Waals surface area contributed by atoms with E-state index in [2.05, 4.69) is 36.4 Å². The van der Waals surface area contributed by atoms with Gasteiger partial charge in [0.1, 0.15) is 24.7 Å². The molecule has 3 heterocycles. The molecule has 6 aromatic rings. The molecule has 2 atom stereocenters. The van der Waals surface area contributed by atoms with Crippen LogP contribution in [-0.2, 0) is 28.3 Å². The number of fused-ring (bicyclic) bond motifs is 2. The number of carbonyl (C=O) groups excluding carboxylic acids is 1. The third-order valence-corrected chi connectivity index (χ3v) is 9.04. The zero-order valence-corrected chi connectivity index (χ0v) is 27.9. The summed E-state index contributed by atoms with van der Waals surface area (Å²) in [6.45, 7) is 0.731. The number of aromatic nitrogens is 2. The van der Waals surface area contributed by atoms with Crippen LogP contribution in [0.15, 0.2) is 121 Å². The molecule has 0 amide bonds. The number of para-hydroxylation sites is 2. The van der Waals surface area contributed by atoms with Crippen molar-refractivity contribution in [2.45, 2.75) is 43.7 Å². The quantitative estimate of drug-likeness (QED) is 0.168. The summed E-state index contributed by atoms with van der Waals surface area (Å²) in [5.74, 6) is 0.298. The minimum atomic E-state index is -1.21. The normalized spacial score (nSPS) is 18.2. The molecule has 1 saturated heterocycles. The number of pyridine rings is 2. The molecule has 2 unspecified atom stereocenters. The van der Waals surface area contributed by atoms with Crippen LogP contribution in [0.1, 0.15) is 35.4 Å². The summed E-state index contributed by atoms with van der Waals surface area (Å²) < 4.78 is 12.2. The van der Waals surface area contributed by atoms with E-state index in [0.29, 0.717) is 26.1 Å². The fourth-order valence-electron chi connectivity index (χ4n) is 6.51. The van der Waals surface area contributed by atoms with E-state index >= 15 is 0 Å². The van der Waals surface area contributed by atoms with E-state index < -0.39 is 12.2 Å². The Kier molecular flexibility index (Phi) is 8.70. The number of hydrogen-bond acceptors (Lipinski definition) is 8. The Balaban J connectivity index is 0.00000351. The number of nitrogens with zero attached hydrogens (tertiary/aromatic N) is 3. The van der Waals surface area contributed by atoms with E-state index in [0.717, 1.165) is 55.8 Å². The first-order valence-electron chi connectivity index (χ1n) is 15.4. The van der Waals surface area contributed by atoms with Crippen molar-refractivity contribution < 1.29 is 53.8 Å². The molecule has 4 aromatic carbocycles. The Bertz CT molecular complexity index is 1920. The number of carboxylic acid groups (broad SMARTS) is 1. The molecular formula is C38H30N3NaO5. The van der Waals surface area contributed by atoms with Gasteiger partial charge in [-0.1, -0.05) is 72.8 Å². The van der Waals surface area contributed by atoms with Crippen molar-refractivity contribution in [2.24, 2.45) is 0 Å². The Morgan fingerprint density at radius 3 is 1.62 bits per heavy atom. The molecule has 0 N–H and O–H groups in total. The Morgan fingerprint density at radius 2 is 1.17 bits per heavy atom. The van der Waals surface area contributed by atoms with Crippen LogP contribution >= 0.6 is 0 Å². The summed E-state index contributed by atoms with van der Waals surface area (Å²) >= 11 is 0. The number of carbonyl (C=O) groups is 1. The number of benzene rings is 4. The predicted octanol–water partition coefficient (Wildman–Crippen LogP) is 2.72. The summed E-state index contributed by atoms with van der Waals surface area (Å²) in [4.78, 5) is 26.1. The second-order valence-electron chi connectivity index (χ2n) is 11.9. The van der Waals surface area contributed by atoms with Crippen LogP contribution in [0.5, 0.6) is 11.5 Å². The van der Waals surface area contributed by atoms with Crippen LogP contribution in [0.4, 0.5) is 0 Å². The van der Waals surface area contributed by atoms with Gasteiger partial charge in [0.25, 0.3) is 0 Å². The monoisotopic (exact) mass is 631 g/mol. The average Bonchev–Trinajstić information content (AvgIpc) is 3.88. The first kappa shape index (κ1) is 31.3. The van der Waals surface area contributed by atoms with Crippen molar-refractivity contribution in [1.82, 2.24) is 15.0 Å². The number of rotatable bonds is 10. The molecule has 2 fully saturated rings. The molecule has 0 radical (unpaired) electrons. The summed E-state index contributed by atoms with van der Waals surface area (Å²) in [7, 11) is 0. The van der Waals surface area contributed by atoms with Gasteiger partial charge >= 0.3 is 29.6 Å². The molecule has 0 spiro atoms. The maximum absolute atomic E-state index is 11.3. The Labute approximate surface area is 294 Å². The van der Waals surface area contributed by atoms with E-state index in [9.17, 15) is 9.90 Å². The zero-order valence-electron chi connectivity index (χ0n) is 25.9. The van der Waals surface area contributed by atoms with Crippen LogP contribution in [0.2, 0.25) is 0 Å². The average molecular weight is 632 g/mol. The molecule has 8 rings (SSSR count). The van der Waals surface area contributed by atoms with Crippen LogP contribution in [-0.4, -0.2) is 33.3 Å². The molecule has 1 aliphatic heterocycles. The van der Waals surface area contributed by atoms with E-state index in [1.165, 1.54) is 5.06 Å². The largest absolute Gasteiger partial charge is 1.00 e. The van der Waals surface area contributed by atoms with Gasteiger partial charge in [-0.15, -0.1) is 5.06 Å². The third kappa shape index (κ3) is 6.35. The van der Waals surface area contributed by atoms with Gasteiger partial charge in [-0.25, -0.2) is 9.97 Å². The van der Waals surface area contributed by atoms with Crippen LogP contribution < -0.4 is 44.1 Å². The maximum Gasteiger partial charge on any atom is 1.00 e. The van der Waals surface area contributed by atoms with Crippen molar-refractivity contribution in [3.8, 4) is 11.5 Å². The van der Waals surface area contributed by atoms with Crippen molar-refractivity contribution in [3.05, 3.63) is 144 Å². The number of hydrogen-bond donors (Lipinski definition) is 0. The van der Waals surface area contributed by atoms with E-state index in [1.54, 1.807) is 0 Å². The van der Waals surface area contributed by atoms with Crippen LogP contribution in [0, 0.1) is 0 Å². The molecule has 228 valence electrons. The Morgan fingerprint density at radius 1 is 0.702 bits per heavy atom. The standard InChI is InChI=1S/C38H31N3O5.Na/c42-37(43)36-41(46-36)31-21-38(22-31,27-11-17-32(18-12-27)44-23-29-15-9-25-5-1-3-7-34(25)39-29)28-13-19-33(20-14-28)45-24-30-16-10-26-6-2-4-8-35(26)40-30;/h1-20,31,36H,21-24H2,(H,42,43);/q;+1/p-1. The van der Waals surface area contributed by atoms with E-state index in [4.69, 9.17) is 24.3 Å². The van der Waals surface area contributed by atoms with Gasteiger partial charge in [0, 0.05) is 22.2 Å². The minimum absolute atomic E-state index is 0. The number of carboxylic acids is 1. The molecule has 9 heteroatoms. The van der Waals surface area contributed by atoms with Crippen molar-refractivity contribution in [1.29, 1.82) is 0 Å². The molecule has 0 bridgehead atoms. The number of hydroxylamine groups is 2. The Hall–Kier alpha value is -4.31. The SMILES string of the molecule is O=C([O-])C1ON1C1CC(c2ccc(OCc3ccc4ccccc4n3)cc2)(c2ccc(OCc3ccc4ccccc4n3)cc2)C1.[Na+]. The molecule has 2 aliphatic rings. The predicted molar refractivity (Wildman–Crippen MR) is 171 cm³/mol. The number of ether oxygens (including phenoxy) is 2. The van der Waals surface area contributed by atoms with Crippen LogP contribution in [0.3, 0.4) is 0 Å². The van der Waals surface area contributed by atoms with Crippen molar-refractivity contribution >= 4 is 27.8 Å². The van der Waals surface area contributed by atoms with Gasteiger partial charge in [-0.05, 0) is 72.5 Å². The van der Waals surface area contributed by atoms with Gasteiger partial charge in [-0.2, -0.15) is 0 Å². The molecular weight excluding hydrogens is 601 g/mol. The zero-order chi connectivity index (χ0) is 31.1. The molecule has 2 aromatic heterocycles. The van der Waals surface area contributed by atoms with Gasteiger partial charge in [-0.3, -0.25) is 4.84 Å². The van der Waals surface area contributed by atoms with Gasteiger partial charge < -0.3 is 19.4 Å². The minimum Gasteiger partial charge on any atom is -0.546 e. The fraction of sp³-hybridized carbons (Fsp3) is 0.184. The van der Waals surface area contributed by atoms with Crippen molar-refractivity contribution in [2.75, 3.05) is 0 Å². The maximum atomic E-state index is 11.3. The smallest absolute Gasteiger partial charge is 0.546 e. The van der Waals surface area contributed by atoms with Gasteiger partial charge in [0.2, 0.25) is 0 Å². The second-order valence-corrected chi connectivity index (χ2v) is 11.9. The molecule has 47 heavy (non-hydrogen) atoms. The van der Waals surface area contributed by atoms with Gasteiger partial charge in [0.05, 0.1) is 28.4 Å². The summed E-state index contributed by atoms with van der Waals surface area (Å²) in [6.07, 6.45) is 0.445. The third-order valence-electron chi connectivity index (χ3n) is 9.04. The molecule has 8 nitrogen and oxygen atoms in total. The first-order chi connectivity index (χ1) is 22.5. The topological polar surface area (TPSA) is 99.9 Å². The molecule has 1 saturated carbocycles. The summed E-state index contributed by atoms with van der Waals surface area (Å²) in [5, 5.41) is 15.1. The summed E-state index contributed by atoms with van der Waals surface area (Å²) in [5.41, 5.74) is 5.55. The second kappa shape index (κ2) is 13.1.